The summed E-state index contributed by atoms with van der Waals surface area (Å²) >= 11 is 0. The first-order valence-electron chi connectivity index (χ1n) is 9.59. The predicted octanol–water partition coefficient (Wildman–Crippen LogP) is 3.78. The first-order chi connectivity index (χ1) is 13.5. The molecule has 1 atom stereocenters. The van der Waals surface area contributed by atoms with E-state index in [4.69, 9.17) is 0 Å². The Hall–Kier alpha value is -3.15. The van der Waals surface area contributed by atoms with E-state index in [9.17, 15) is 9.90 Å². The Morgan fingerprint density at radius 1 is 1.39 bits per heavy atom. The van der Waals surface area contributed by atoms with Gasteiger partial charge in [-0.2, -0.15) is 0 Å². The van der Waals surface area contributed by atoms with E-state index >= 15 is 0 Å². The molecule has 0 bridgehead atoms. The van der Waals surface area contributed by atoms with E-state index in [0.717, 1.165) is 36.1 Å². The lowest BCUT2D eigenvalue weighted by Gasteiger charge is -2.40. The molecule has 1 saturated heterocycles. The number of aromatic nitrogens is 3. The highest BCUT2D eigenvalue weighted by molar-refractivity contribution is 5.88. The van der Waals surface area contributed by atoms with Gasteiger partial charge in [0.15, 0.2) is 5.65 Å². The molecule has 28 heavy (non-hydrogen) atoms. The number of aromatic hydroxyl groups is 1. The van der Waals surface area contributed by atoms with Crippen LogP contribution in [0, 0.1) is 0 Å². The van der Waals surface area contributed by atoms with Crippen molar-refractivity contribution in [3.05, 3.63) is 54.2 Å². The molecule has 1 aromatic carbocycles. The summed E-state index contributed by atoms with van der Waals surface area (Å²) in [7, 11) is 0. The van der Waals surface area contributed by atoms with Crippen LogP contribution < -0.4 is 0 Å². The molecule has 0 aliphatic carbocycles. The number of nitrogens with zero attached hydrogens (tertiary/aromatic N) is 3. The van der Waals surface area contributed by atoms with Crippen LogP contribution in [-0.4, -0.2) is 43.7 Å². The topological polar surface area (TPSA) is 82.1 Å². The van der Waals surface area contributed by atoms with Gasteiger partial charge in [-0.25, -0.2) is 0 Å². The van der Waals surface area contributed by atoms with Crippen molar-refractivity contribution in [3.63, 3.8) is 0 Å². The lowest BCUT2D eigenvalue weighted by atomic mass is 9.92. The smallest absolute Gasteiger partial charge is 0.246 e. The third-order valence-corrected chi connectivity index (χ3v) is 5.48. The van der Waals surface area contributed by atoms with Crippen LogP contribution in [0.1, 0.15) is 37.4 Å². The Morgan fingerprint density at radius 3 is 2.82 bits per heavy atom. The minimum atomic E-state index is -0.0138. The summed E-state index contributed by atoms with van der Waals surface area (Å²) in [6.07, 6.45) is 3.13. The number of hydrogen-bond donors (Lipinski definition) is 2. The van der Waals surface area contributed by atoms with Crippen LogP contribution in [0.25, 0.3) is 22.3 Å². The summed E-state index contributed by atoms with van der Waals surface area (Å²) < 4.78 is 0. The first-order valence-corrected chi connectivity index (χ1v) is 9.59. The van der Waals surface area contributed by atoms with Crippen molar-refractivity contribution >= 4 is 16.9 Å². The molecular formula is C22H24N4O2. The average molecular weight is 376 g/mol. The van der Waals surface area contributed by atoms with E-state index in [2.05, 4.69) is 35.6 Å². The molecule has 2 aromatic heterocycles. The van der Waals surface area contributed by atoms with Crippen molar-refractivity contribution in [3.8, 4) is 17.0 Å². The summed E-state index contributed by atoms with van der Waals surface area (Å²) in [4.78, 5) is 17.2. The van der Waals surface area contributed by atoms with Gasteiger partial charge >= 0.3 is 0 Å². The van der Waals surface area contributed by atoms with Gasteiger partial charge in [-0.15, -0.1) is 10.2 Å². The second kappa shape index (κ2) is 7.11. The number of H-pyrrole nitrogens is 1. The third kappa shape index (κ3) is 3.05. The zero-order valence-corrected chi connectivity index (χ0v) is 16.1. The van der Waals surface area contributed by atoms with E-state index in [-0.39, 0.29) is 23.6 Å². The summed E-state index contributed by atoms with van der Waals surface area (Å²) in [5.41, 5.74) is 4.33. The van der Waals surface area contributed by atoms with Gasteiger partial charge in [-0.3, -0.25) is 4.79 Å². The number of carbonyl (C=O) groups excluding carboxylic acids is 1. The van der Waals surface area contributed by atoms with Gasteiger partial charge in [-0.1, -0.05) is 32.6 Å². The molecule has 0 spiro atoms. The fraction of sp³-hybridized carbons (Fsp3) is 0.318. The summed E-state index contributed by atoms with van der Waals surface area (Å²) in [5.74, 6) is 0.458. The van der Waals surface area contributed by atoms with E-state index in [1.165, 1.54) is 11.6 Å². The minimum Gasteiger partial charge on any atom is -0.507 e. The Balaban J connectivity index is 1.74. The van der Waals surface area contributed by atoms with Crippen LogP contribution in [0.3, 0.4) is 0 Å². The minimum absolute atomic E-state index is 0.0138. The Labute approximate surface area is 163 Å². The number of nitrogens with one attached hydrogen (secondary N) is 1. The van der Waals surface area contributed by atoms with Gasteiger partial charge in [0.05, 0.1) is 5.69 Å². The predicted molar refractivity (Wildman–Crippen MR) is 109 cm³/mol. The zero-order chi connectivity index (χ0) is 19.8. The fourth-order valence-corrected chi connectivity index (χ4v) is 4.00. The van der Waals surface area contributed by atoms with E-state index < -0.39 is 0 Å². The Kier molecular flexibility index (Phi) is 4.63. The van der Waals surface area contributed by atoms with Gasteiger partial charge in [0.25, 0.3) is 0 Å². The highest BCUT2D eigenvalue weighted by atomic mass is 16.3. The first kappa shape index (κ1) is 18.2. The van der Waals surface area contributed by atoms with Gasteiger partial charge in [0, 0.05) is 35.7 Å². The number of phenolic OH excluding ortho intramolecular Hbond substituents is 1. The molecule has 0 saturated carbocycles. The Bertz CT molecular complexity index is 1050. The van der Waals surface area contributed by atoms with Gasteiger partial charge in [0.1, 0.15) is 5.75 Å². The standard InChI is InChI=1S/C22H24N4O2/c1-4-20(28)26-10-9-14(26)11-18-21(13(2)3)16-12-17(24-25-22(16)23-18)15-7-5-6-8-19(15)27/h4-8,12-14,27H,1,9-11H2,2-3H3,(H,23,25). The number of amides is 1. The number of para-hydroxylation sites is 1. The van der Waals surface area contributed by atoms with Crippen LogP contribution in [0.2, 0.25) is 0 Å². The number of fused-ring (bicyclic) bond motifs is 1. The molecule has 4 rings (SSSR count). The number of phenols is 1. The summed E-state index contributed by atoms with van der Waals surface area (Å²) in [6, 6.07) is 9.31. The molecule has 6 heteroatoms. The molecule has 1 amide bonds. The normalized spacial score (nSPS) is 16.4. The van der Waals surface area contributed by atoms with E-state index in [1.807, 2.05) is 23.1 Å². The molecule has 1 aliphatic heterocycles. The van der Waals surface area contributed by atoms with E-state index in [0.29, 0.717) is 11.3 Å². The SMILES string of the molecule is C=CC(=O)N1CCC1Cc1[nH]c2nnc(-c3ccccc3O)cc2c1C(C)C. The van der Waals surface area contributed by atoms with Crippen LogP contribution in [0.15, 0.2) is 43.0 Å². The van der Waals surface area contributed by atoms with Gasteiger partial charge < -0.3 is 15.0 Å². The van der Waals surface area contributed by atoms with Crippen LogP contribution in [0.4, 0.5) is 0 Å². The van der Waals surface area contributed by atoms with Crippen molar-refractivity contribution in [2.24, 2.45) is 0 Å². The van der Waals surface area contributed by atoms with Crippen molar-refractivity contribution in [2.75, 3.05) is 6.54 Å². The molecule has 1 unspecified atom stereocenters. The quantitative estimate of drug-likeness (QED) is 0.664. The molecule has 3 aromatic rings. The molecule has 2 N–H and O–H groups in total. The Morgan fingerprint density at radius 2 is 2.18 bits per heavy atom. The van der Waals surface area contributed by atoms with Crippen LogP contribution >= 0.6 is 0 Å². The lowest BCUT2D eigenvalue weighted by Crippen LogP contribution is -2.51. The largest absolute Gasteiger partial charge is 0.507 e. The van der Waals surface area contributed by atoms with Crippen molar-refractivity contribution in [1.29, 1.82) is 0 Å². The second-order valence-electron chi connectivity index (χ2n) is 7.56. The zero-order valence-electron chi connectivity index (χ0n) is 16.1. The van der Waals surface area contributed by atoms with Crippen molar-refractivity contribution in [2.45, 2.75) is 38.6 Å². The highest BCUT2D eigenvalue weighted by Gasteiger charge is 2.32. The summed E-state index contributed by atoms with van der Waals surface area (Å²) in [6.45, 7) is 8.68. The highest BCUT2D eigenvalue weighted by Crippen LogP contribution is 2.34. The number of rotatable bonds is 5. The van der Waals surface area contributed by atoms with Crippen LogP contribution in [-0.2, 0) is 11.2 Å². The maximum atomic E-state index is 12.0. The number of carbonyl (C=O) groups is 1. The summed E-state index contributed by atoms with van der Waals surface area (Å²) in [5, 5.41) is 19.8. The number of benzene rings is 1. The van der Waals surface area contributed by atoms with Gasteiger partial charge in [0.2, 0.25) is 5.91 Å². The number of hydrogen-bond acceptors (Lipinski definition) is 4. The van der Waals surface area contributed by atoms with E-state index in [1.54, 1.807) is 12.1 Å². The van der Waals surface area contributed by atoms with Crippen molar-refractivity contribution in [1.82, 2.24) is 20.1 Å². The average Bonchev–Trinajstić information content (AvgIpc) is 3.03. The van der Waals surface area contributed by atoms with Gasteiger partial charge in [-0.05, 0) is 42.2 Å². The second-order valence-corrected chi connectivity index (χ2v) is 7.56. The molecule has 144 valence electrons. The number of aromatic amines is 1. The monoisotopic (exact) mass is 376 g/mol. The maximum absolute atomic E-state index is 12.0. The molecular weight excluding hydrogens is 352 g/mol. The third-order valence-electron chi connectivity index (χ3n) is 5.48. The molecule has 1 aliphatic rings. The molecule has 1 fully saturated rings. The van der Waals surface area contributed by atoms with Crippen LogP contribution in [0.5, 0.6) is 5.75 Å². The molecule has 6 nitrogen and oxygen atoms in total. The fourth-order valence-electron chi connectivity index (χ4n) is 4.00. The molecule has 0 radical (unpaired) electrons. The maximum Gasteiger partial charge on any atom is 0.246 e. The lowest BCUT2D eigenvalue weighted by molar-refractivity contribution is -0.133. The van der Waals surface area contributed by atoms with Crippen molar-refractivity contribution < 1.29 is 9.90 Å². The molecule has 3 heterocycles. The number of likely N-dealkylation sites (tertiary alicyclic amines) is 1.